The number of nitrogens with two attached hydrogens (primary N) is 1. The topological polar surface area (TPSA) is 150 Å². The molecule has 0 bridgehead atoms. The third kappa shape index (κ3) is 13.1. The molecule has 1 rings (SSSR count). The lowest BCUT2D eigenvalue weighted by Crippen LogP contribution is -2.37. The van der Waals surface area contributed by atoms with Gasteiger partial charge < -0.3 is 34.2 Å². The van der Waals surface area contributed by atoms with Gasteiger partial charge in [-0.1, -0.05) is 32.8 Å². The van der Waals surface area contributed by atoms with Crippen LogP contribution in [0.2, 0.25) is 0 Å². The molecule has 0 aliphatic rings. The molecular formula is C29H45NO10. The van der Waals surface area contributed by atoms with Gasteiger partial charge in [0.25, 0.3) is 0 Å². The minimum absolute atomic E-state index is 0.0171. The Morgan fingerprint density at radius 2 is 1.32 bits per heavy atom. The average molecular weight is 568 g/mol. The van der Waals surface area contributed by atoms with E-state index in [1.165, 1.54) is 12.1 Å². The summed E-state index contributed by atoms with van der Waals surface area (Å²) in [5.41, 5.74) is 5.88. The zero-order valence-electron chi connectivity index (χ0n) is 24.9. The van der Waals surface area contributed by atoms with Gasteiger partial charge in [-0.3, -0.25) is 9.59 Å². The molecule has 0 aliphatic carbocycles. The molecule has 11 nitrogen and oxygen atoms in total. The molecule has 11 heteroatoms. The molecule has 2 unspecified atom stereocenters. The highest BCUT2D eigenvalue weighted by atomic mass is 16.7. The molecule has 0 saturated heterocycles. The summed E-state index contributed by atoms with van der Waals surface area (Å²) in [5, 5.41) is 0. The van der Waals surface area contributed by atoms with Crippen molar-refractivity contribution in [3.8, 4) is 11.5 Å². The lowest BCUT2D eigenvalue weighted by atomic mass is 9.97. The van der Waals surface area contributed by atoms with Gasteiger partial charge >= 0.3 is 24.2 Å². The first kappa shape index (κ1) is 34.7. The maximum Gasteiger partial charge on any atom is 0.514 e. The normalized spacial score (nSPS) is 14.2. The summed E-state index contributed by atoms with van der Waals surface area (Å²) in [5.74, 6) is -1.29. The largest absolute Gasteiger partial charge is 0.514 e. The molecule has 0 saturated carbocycles. The van der Waals surface area contributed by atoms with Gasteiger partial charge in [-0.15, -0.1) is 0 Å². The molecule has 0 spiro atoms. The van der Waals surface area contributed by atoms with Crippen LogP contribution in [0.3, 0.4) is 0 Å². The third-order valence-corrected chi connectivity index (χ3v) is 5.52. The van der Waals surface area contributed by atoms with Crippen LogP contribution in [0, 0.1) is 5.41 Å². The summed E-state index contributed by atoms with van der Waals surface area (Å²) in [7, 11) is 0. The summed E-state index contributed by atoms with van der Waals surface area (Å²) >= 11 is 0. The van der Waals surface area contributed by atoms with E-state index in [9.17, 15) is 19.2 Å². The van der Waals surface area contributed by atoms with Crippen molar-refractivity contribution in [3.63, 3.8) is 0 Å². The minimum atomic E-state index is -1.07. The van der Waals surface area contributed by atoms with Gasteiger partial charge in [-0.2, -0.15) is 0 Å². The molecule has 2 N–H and O–H groups in total. The van der Waals surface area contributed by atoms with E-state index in [2.05, 4.69) is 0 Å². The van der Waals surface area contributed by atoms with Gasteiger partial charge in [-0.05, 0) is 78.5 Å². The maximum atomic E-state index is 12.5. The van der Waals surface area contributed by atoms with Crippen LogP contribution in [0.1, 0.15) is 86.6 Å². The van der Waals surface area contributed by atoms with Gasteiger partial charge in [0.2, 0.25) is 0 Å². The van der Waals surface area contributed by atoms with Crippen LogP contribution in [-0.4, -0.2) is 55.2 Å². The Morgan fingerprint density at radius 3 is 1.82 bits per heavy atom. The van der Waals surface area contributed by atoms with Crippen LogP contribution in [0.15, 0.2) is 18.2 Å². The van der Waals surface area contributed by atoms with Crippen LogP contribution >= 0.6 is 0 Å². The Labute approximate surface area is 236 Å². The zero-order chi connectivity index (χ0) is 30.5. The SMILES string of the molecule is CCCC(C)OC(=O)Oc1ccc(C[C@H](N)C(=O)O[C@@H](C)COC(=O)C(C)(C)C)cc1OC(=O)OC(C)CCC. The van der Waals surface area contributed by atoms with E-state index in [1.54, 1.807) is 47.6 Å². The second kappa shape index (κ2) is 16.7. The first-order chi connectivity index (χ1) is 18.7. The summed E-state index contributed by atoms with van der Waals surface area (Å²) in [4.78, 5) is 49.1. The zero-order valence-corrected chi connectivity index (χ0v) is 24.9. The number of esters is 2. The van der Waals surface area contributed by atoms with Crippen molar-refractivity contribution in [3.05, 3.63) is 23.8 Å². The molecule has 0 aromatic heterocycles. The number of rotatable bonds is 14. The molecule has 0 fully saturated rings. The first-order valence-electron chi connectivity index (χ1n) is 13.7. The predicted molar refractivity (Wildman–Crippen MR) is 147 cm³/mol. The molecule has 40 heavy (non-hydrogen) atoms. The van der Waals surface area contributed by atoms with Crippen LogP contribution in [0.5, 0.6) is 11.5 Å². The molecule has 4 atom stereocenters. The number of carbonyl (C=O) groups is 4. The summed E-state index contributed by atoms with van der Waals surface area (Å²) in [6.07, 6.45) is -0.416. The quantitative estimate of drug-likeness (QED) is 0.173. The van der Waals surface area contributed by atoms with Crippen LogP contribution in [-0.2, 0) is 35.0 Å². The van der Waals surface area contributed by atoms with Crippen LogP contribution in [0.4, 0.5) is 9.59 Å². The lowest BCUT2D eigenvalue weighted by Gasteiger charge is -2.20. The van der Waals surface area contributed by atoms with Gasteiger partial charge in [0, 0.05) is 0 Å². The molecule has 226 valence electrons. The van der Waals surface area contributed by atoms with Crippen molar-refractivity contribution >= 4 is 24.2 Å². The number of hydrogen-bond donors (Lipinski definition) is 1. The summed E-state index contributed by atoms with van der Waals surface area (Å²) < 4.78 is 31.6. The van der Waals surface area contributed by atoms with Gasteiger partial charge in [0.15, 0.2) is 11.5 Å². The van der Waals surface area contributed by atoms with Crippen molar-refractivity contribution in [2.24, 2.45) is 11.1 Å². The minimum Gasteiger partial charge on any atom is -0.461 e. The van der Waals surface area contributed by atoms with Gasteiger partial charge in [0.1, 0.15) is 31.0 Å². The highest BCUT2D eigenvalue weighted by molar-refractivity contribution is 5.77. The molecule has 1 aromatic carbocycles. The van der Waals surface area contributed by atoms with E-state index in [-0.39, 0.29) is 36.7 Å². The van der Waals surface area contributed by atoms with Crippen molar-refractivity contribution < 1.29 is 47.6 Å². The molecule has 0 aliphatic heterocycles. The first-order valence-corrected chi connectivity index (χ1v) is 13.7. The summed E-state index contributed by atoms with van der Waals surface area (Å²) in [6, 6.07) is 3.33. The number of hydrogen-bond acceptors (Lipinski definition) is 11. The molecular weight excluding hydrogens is 522 g/mol. The Hall–Kier alpha value is -3.34. The predicted octanol–water partition coefficient (Wildman–Crippen LogP) is 5.49. The number of ether oxygens (including phenoxy) is 6. The van der Waals surface area contributed by atoms with E-state index in [4.69, 9.17) is 34.2 Å². The smallest absolute Gasteiger partial charge is 0.461 e. The van der Waals surface area contributed by atoms with E-state index in [1.807, 2.05) is 13.8 Å². The van der Waals surface area contributed by atoms with Gasteiger partial charge in [0.05, 0.1) is 5.41 Å². The third-order valence-electron chi connectivity index (χ3n) is 5.52. The van der Waals surface area contributed by atoms with Crippen molar-refractivity contribution in [2.75, 3.05) is 6.61 Å². The van der Waals surface area contributed by atoms with E-state index >= 15 is 0 Å². The van der Waals surface area contributed by atoms with E-state index in [0.717, 1.165) is 12.8 Å². The van der Waals surface area contributed by atoms with Crippen molar-refractivity contribution in [2.45, 2.75) is 112 Å². The van der Waals surface area contributed by atoms with Crippen molar-refractivity contribution in [1.82, 2.24) is 0 Å². The maximum absolute atomic E-state index is 12.5. The Bertz CT molecular complexity index is 988. The fourth-order valence-electron chi connectivity index (χ4n) is 3.40. The standard InChI is InChI=1S/C29H45NO10/c1-9-11-18(3)37-27(33)39-23-14-13-21(16-24(23)40-28(34)38-19(4)12-10-2)15-22(30)25(31)36-20(5)17-35-26(32)29(6,7)8/h13-14,16,18-20,22H,9-12,15,17,30H2,1-8H3/t18?,19?,20-,22-/m0/s1. The molecule has 0 heterocycles. The second-order valence-electron chi connectivity index (χ2n) is 10.8. The molecule has 1 aromatic rings. The number of carbonyl (C=O) groups excluding carboxylic acids is 4. The average Bonchev–Trinajstić information content (AvgIpc) is 2.83. The Balaban J connectivity index is 2.95. The van der Waals surface area contributed by atoms with Crippen LogP contribution < -0.4 is 15.2 Å². The Kier molecular flexibility index (Phi) is 14.5. The second-order valence-corrected chi connectivity index (χ2v) is 10.8. The van der Waals surface area contributed by atoms with Gasteiger partial charge in [-0.25, -0.2) is 9.59 Å². The van der Waals surface area contributed by atoms with Crippen molar-refractivity contribution in [1.29, 1.82) is 0 Å². The van der Waals surface area contributed by atoms with E-state index in [0.29, 0.717) is 18.4 Å². The lowest BCUT2D eigenvalue weighted by molar-refractivity contribution is -0.163. The van der Waals surface area contributed by atoms with E-state index < -0.39 is 41.8 Å². The highest BCUT2D eigenvalue weighted by Gasteiger charge is 2.26. The highest BCUT2D eigenvalue weighted by Crippen LogP contribution is 2.30. The molecule has 0 amide bonds. The monoisotopic (exact) mass is 567 g/mol. The fraction of sp³-hybridized carbons (Fsp3) is 0.655. The van der Waals surface area contributed by atoms with Crippen LogP contribution in [0.25, 0.3) is 0 Å². The Morgan fingerprint density at radius 1 is 0.800 bits per heavy atom. The number of benzene rings is 1. The fourth-order valence-corrected chi connectivity index (χ4v) is 3.40. The molecule has 0 radical (unpaired) electrons. The summed E-state index contributed by atoms with van der Waals surface area (Å²) in [6.45, 7) is 14.0.